The van der Waals surface area contributed by atoms with Crippen LogP contribution in [-0.2, 0) is 9.31 Å². The molecule has 0 atom stereocenters. The SMILES string of the molecule is COc1cc(B2OC(C)(C)C(C)(C)O2)ccc1C(=O)NCC1CC1. The van der Waals surface area contributed by atoms with E-state index in [4.69, 9.17) is 14.0 Å². The lowest BCUT2D eigenvalue weighted by Crippen LogP contribution is -2.41. The van der Waals surface area contributed by atoms with Crippen LogP contribution < -0.4 is 15.5 Å². The van der Waals surface area contributed by atoms with E-state index in [1.807, 2.05) is 39.8 Å². The van der Waals surface area contributed by atoms with Crippen LogP contribution in [0, 0.1) is 5.92 Å². The molecule has 3 rings (SSSR count). The van der Waals surface area contributed by atoms with Gasteiger partial charge in [0.2, 0.25) is 0 Å². The number of nitrogens with one attached hydrogen (secondary N) is 1. The minimum atomic E-state index is -0.465. The number of hydrogen-bond donors (Lipinski definition) is 1. The summed E-state index contributed by atoms with van der Waals surface area (Å²) in [6, 6.07) is 5.48. The first kappa shape index (κ1) is 17.3. The first-order valence-electron chi connectivity index (χ1n) is 8.55. The van der Waals surface area contributed by atoms with E-state index in [0.29, 0.717) is 17.2 Å². The lowest BCUT2D eigenvalue weighted by atomic mass is 9.78. The lowest BCUT2D eigenvalue weighted by Gasteiger charge is -2.32. The Kier molecular flexibility index (Phi) is 4.38. The molecule has 6 heteroatoms. The molecule has 1 aliphatic heterocycles. The lowest BCUT2D eigenvalue weighted by molar-refractivity contribution is 0.00578. The molecule has 2 fully saturated rings. The summed E-state index contributed by atoms with van der Waals surface area (Å²) in [5.41, 5.74) is 0.596. The molecule has 1 N–H and O–H groups in total. The molecule has 1 amide bonds. The maximum Gasteiger partial charge on any atom is 0.494 e. The molecule has 1 aliphatic carbocycles. The molecule has 2 aliphatic rings. The third kappa shape index (κ3) is 3.30. The fourth-order valence-corrected chi connectivity index (χ4v) is 2.68. The van der Waals surface area contributed by atoms with Gasteiger partial charge in [-0.05, 0) is 64.1 Å². The molecule has 0 spiro atoms. The zero-order valence-electron chi connectivity index (χ0n) is 15.1. The summed E-state index contributed by atoms with van der Waals surface area (Å²) < 4.78 is 17.5. The largest absolute Gasteiger partial charge is 0.496 e. The van der Waals surface area contributed by atoms with Gasteiger partial charge in [0, 0.05) is 6.54 Å². The number of hydrogen-bond acceptors (Lipinski definition) is 4. The van der Waals surface area contributed by atoms with Crippen LogP contribution in [0.2, 0.25) is 0 Å². The Morgan fingerprint density at radius 1 is 1.25 bits per heavy atom. The number of carbonyl (C=O) groups excluding carboxylic acids is 1. The molecule has 0 aromatic heterocycles. The van der Waals surface area contributed by atoms with Crippen molar-refractivity contribution >= 4 is 18.5 Å². The second-order valence-electron chi connectivity index (χ2n) is 7.70. The summed E-state index contributed by atoms with van der Waals surface area (Å²) in [5.74, 6) is 1.08. The van der Waals surface area contributed by atoms with E-state index in [9.17, 15) is 4.79 Å². The van der Waals surface area contributed by atoms with Gasteiger partial charge in [0.25, 0.3) is 5.91 Å². The van der Waals surface area contributed by atoms with E-state index >= 15 is 0 Å². The minimum Gasteiger partial charge on any atom is -0.496 e. The molecule has 0 unspecified atom stereocenters. The molecular weight excluding hydrogens is 305 g/mol. The van der Waals surface area contributed by atoms with Crippen molar-refractivity contribution in [1.82, 2.24) is 5.32 Å². The zero-order valence-corrected chi connectivity index (χ0v) is 15.1. The molecule has 1 saturated heterocycles. The molecule has 1 heterocycles. The molecule has 24 heavy (non-hydrogen) atoms. The Morgan fingerprint density at radius 3 is 2.42 bits per heavy atom. The molecule has 5 nitrogen and oxygen atoms in total. The van der Waals surface area contributed by atoms with E-state index in [0.717, 1.165) is 12.0 Å². The first-order valence-corrected chi connectivity index (χ1v) is 8.55. The van der Waals surface area contributed by atoms with Crippen molar-refractivity contribution < 1.29 is 18.8 Å². The van der Waals surface area contributed by atoms with Crippen molar-refractivity contribution in [2.45, 2.75) is 51.7 Å². The van der Waals surface area contributed by atoms with Gasteiger partial charge in [0.15, 0.2) is 0 Å². The van der Waals surface area contributed by atoms with Crippen LogP contribution in [0.1, 0.15) is 50.9 Å². The second kappa shape index (κ2) is 6.08. The van der Waals surface area contributed by atoms with Gasteiger partial charge in [0.05, 0.1) is 23.9 Å². The highest BCUT2D eigenvalue weighted by molar-refractivity contribution is 6.62. The summed E-state index contributed by atoms with van der Waals surface area (Å²) in [5, 5.41) is 2.97. The van der Waals surface area contributed by atoms with E-state index in [-0.39, 0.29) is 5.91 Å². The fourth-order valence-electron chi connectivity index (χ4n) is 2.68. The van der Waals surface area contributed by atoms with Crippen molar-refractivity contribution in [3.8, 4) is 5.75 Å². The Hall–Kier alpha value is -1.53. The van der Waals surface area contributed by atoms with Crippen LogP contribution >= 0.6 is 0 Å². The Labute approximate surface area is 144 Å². The van der Waals surface area contributed by atoms with Gasteiger partial charge in [-0.15, -0.1) is 0 Å². The van der Waals surface area contributed by atoms with Crippen molar-refractivity contribution in [3.05, 3.63) is 23.8 Å². The Bertz CT molecular complexity index is 624. The minimum absolute atomic E-state index is 0.0979. The Morgan fingerprint density at radius 2 is 1.88 bits per heavy atom. The Balaban J connectivity index is 1.78. The third-order valence-corrected chi connectivity index (χ3v) is 5.24. The van der Waals surface area contributed by atoms with Gasteiger partial charge in [0.1, 0.15) is 5.75 Å². The van der Waals surface area contributed by atoms with Gasteiger partial charge in [-0.1, -0.05) is 6.07 Å². The third-order valence-electron chi connectivity index (χ3n) is 5.24. The van der Waals surface area contributed by atoms with E-state index in [2.05, 4.69) is 5.32 Å². The highest BCUT2D eigenvalue weighted by atomic mass is 16.7. The summed E-state index contributed by atoms with van der Waals surface area (Å²) in [6.45, 7) is 8.81. The van der Waals surface area contributed by atoms with Crippen molar-refractivity contribution in [1.29, 1.82) is 0 Å². The number of methoxy groups -OCH3 is 1. The quantitative estimate of drug-likeness (QED) is 0.840. The van der Waals surface area contributed by atoms with Gasteiger partial charge < -0.3 is 19.4 Å². The molecule has 0 radical (unpaired) electrons. The van der Waals surface area contributed by atoms with Crippen molar-refractivity contribution in [2.24, 2.45) is 5.92 Å². The smallest absolute Gasteiger partial charge is 0.494 e. The molecule has 1 aromatic carbocycles. The van der Waals surface area contributed by atoms with Crippen LogP contribution in [-0.4, -0.2) is 37.9 Å². The molecule has 1 saturated carbocycles. The van der Waals surface area contributed by atoms with E-state index < -0.39 is 18.3 Å². The summed E-state index contributed by atoms with van der Waals surface area (Å²) in [6.07, 6.45) is 2.41. The number of carbonyl (C=O) groups is 1. The van der Waals surface area contributed by atoms with Crippen molar-refractivity contribution in [3.63, 3.8) is 0 Å². The summed E-state index contributed by atoms with van der Waals surface area (Å²) in [4.78, 5) is 12.3. The molecule has 0 bridgehead atoms. The molecule has 1 aromatic rings. The van der Waals surface area contributed by atoms with Crippen LogP contribution in [0.4, 0.5) is 0 Å². The maximum atomic E-state index is 12.3. The van der Waals surface area contributed by atoms with Crippen LogP contribution in [0.25, 0.3) is 0 Å². The number of amides is 1. The van der Waals surface area contributed by atoms with Gasteiger partial charge >= 0.3 is 7.12 Å². The van der Waals surface area contributed by atoms with E-state index in [1.165, 1.54) is 12.8 Å². The topological polar surface area (TPSA) is 56.8 Å². The van der Waals surface area contributed by atoms with Gasteiger partial charge in [-0.2, -0.15) is 0 Å². The average molecular weight is 331 g/mol. The average Bonchev–Trinajstić information content (AvgIpc) is 3.31. The molecule has 130 valence electrons. The predicted octanol–water partition coefficient (Wildman–Crippen LogP) is 2.13. The standard InChI is InChI=1S/C18H26BNO4/c1-17(2)18(3,4)24-19(23-17)13-8-9-14(15(10-13)22-5)16(21)20-11-12-6-7-12/h8-10,12H,6-7,11H2,1-5H3,(H,20,21). The number of rotatable bonds is 5. The highest BCUT2D eigenvalue weighted by Gasteiger charge is 2.51. The fraction of sp³-hybridized carbons (Fsp3) is 0.611. The summed E-state index contributed by atoms with van der Waals surface area (Å²) >= 11 is 0. The number of benzene rings is 1. The highest BCUT2D eigenvalue weighted by Crippen LogP contribution is 2.36. The summed E-state index contributed by atoms with van der Waals surface area (Å²) in [7, 11) is 1.11. The van der Waals surface area contributed by atoms with Crippen LogP contribution in [0.5, 0.6) is 5.75 Å². The van der Waals surface area contributed by atoms with Crippen LogP contribution in [0.15, 0.2) is 18.2 Å². The van der Waals surface area contributed by atoms with Gasteiger partial charge in [-0.3, -0.25) is 4.79 Å². The molecular formula is C18H26BNO4. The predicted molar refractivity (Wildman–Crippen MR) is 93.8 cm³/mol. The maximum absolute atomic E-state index is 12.3. The van der Waals surface area contributed by atoms with E-state index in [1.54, 1.807) is 13.2 Å². The normalized spacial score (nSPS) is 21.6. The van der Waals surface area contributed by atoms with Crippen LogP contribution in [0.3, 0.4) is 0 Å². The second-order valence-corrected chi connectivity index (χ2v) is 7.70. The first-order chi connectivity index (χ1) is 11.2. The van der Waals surface area contributed by atoms with Gasteiger partial charge in [-0.25, -0.2) is 0 Å². The monoisotopic (exact) mass is 331 g/mol. The zero-order chi connectivity index (χ0) is 17.5. The number of ether oxygens (including phenoxy) is 1. The van der Waals surface area contributed by atoms with Crippen molar-refractivity contribution in [2.75, 3.05) is 13.7 Å².